The lowest BCUT2D eigenvalue weighted by atomic mass is 10.1. The van der Waals surface area contributed by atoms with Crippen LogP contribution in [0.15, 0.2) is 61.4 Å². The summed E-state index contributed by atoms with van der Waals surface area (Å²) in [6.45, 7) is 2.76. The molecule has 0 fully saturated rings. The van der Waals surface area contributed by atoms with Crippen molar-refractivity contribution in [1.29, 1.82) is 0 Å². The van der Waals surface area contributed by atoms with E-state index in [9.17, 15) is 4.79 Å². The molecule has 0 unspecified atom stereocenters. The molecule has 29 heavy (non-hydrogen) atoms. The molecule has 1 aromatic carbocycles. The summed E-state index contributed by atoms with van der Waals surface area (Å²) in [5.41, 5.74) is 4.12. The Morgan fingerprint density at radius 1 is 1.14 bits per heavy atom. The minimum atomic E-state index is 0.0447. The van der Waals surface area contributed by atoms with Gasteiger partial charge in [0, 0.05) is 56.6 Å². The zero-order valence-corrected chi connectivity index (χ0v) is 16.5. The Kier molecular flexibility index (Phi) is 5.24. The van der Waals surface area contributed by atoms with Crippen molar-refractivity contribution in [3.05, 3.63) is 67.0 Å². The van der Waals surface area contributed by atoms with E-state index in [0.29, 0.717) is 13.0 Å². The van der Waals surface area contributed by atoms with Gasteiger partial charge in [-0.05, 0) is 43.2 Å². The second-order valence-corrected chi connectivity index (χ2v) is 6.81. The fourth-order valence-corrected chi connectivity index (χ4v) is 3.30. The maximum Gasteiger partial charge on any atom is 0.219 e. The Balaban J connectivity index is 1.56. The van der Waals surface area contributed by atoms with E-state index in [1.165, 1.54) is 0 Å². The third-order valence-corrected chi connectivity index (χ3v) is 4.83. The number of benzene rings is 1. The van der Waals surface area contributed by atoms with Gasteiger partial charge in [-0.25, -0.2) is 9.67 Å². The maximum absolute atomic E-state index is 11.4. The molecule has 0 saturated carbocycles. The average molecular weight is 389 g/mol. The predicted molar refractivity (Wildman–Crippen MR) is 110 cm³/mol. The Labute approximate surface area is 168 Å². The van der Waals surface area contributed by atoms with E-state index in [1.54, 1.807) is 19.4 Å². The van der Waals surface area contributed by atoms with Gasteiger partial charge in [0.25, 0.3) is 0 Å². The van der Waals surface area contributed by atoms with Crippen LogP contribution < -0.4 is 5.32 Å². The van der Waals surface area contributed by atoms with Crippen molar-refractivity contribution in [2.45, 2.75) is 26.3 Å². The molecule has 148 valence electrons. The Hall–Kier alpha value is -3.68. The summed E-state index contributed by atoms with van der Waals surface area (Å²) in [6, 6.07) is 8.11. The minimum absolute atomic E-state index is 0.0447. The molecule has 4 rings (SSSR count). The average Bonchev–Trinajstić information content (AvgIpc) is 3.48. The molecule has 0 bridgehead atoms. The fraction of sp³-hybridized carbons (Fsp3) is 0.238. The van der Waals surface area contributed by atoms with Crippen LogP contribution in [0.2, 0.25) is 0 Å². The smallest absolute Gasteiger partial charge is 0.219 e. The van der Waals surface area contributed by atoms with E-state index in [2.05, 4.69) is 39.6 Å². The lowest BCUT2D eigenvalue weighted by Crippen LogP contribution is -2.17. The number of carbonyl (C=O) groups is 1. The van der Waals surface area contributed by atoms with Crippen LogP contribution >= 0.6 is 0 Å². The first-order valence-corrected chi connectivity index (χ1v) is 9.53. The number of aryl methyl sites for hydroxylation is 2. The molecule has 8 heteroatoms. The molecule has 1 amide bonds. The highest BCUT2D eigenvalue weighted by molar-refractivity contribution is 5.75. The quantitative estimate of drug-likeness (QED) is 0.527. The van der Waals surface area contributed by atoms with Crippen molar-refractivity contribution in [2.75, 3.05) is 7.05 Å². The molecule has 0 aliphatic rings. The van der Waals surface area contributed by atoms with Gasteiger partial charge in [0.2, 0.25) is 5.91 Å². The van der Waals surface area contributed by atoms with Gasteiger partial charge in [-0.15, -0.1) is 0 Å². The standard InChI is InChI=1S/C21H23N7O/c1-16-13-17(28-11-4-8-24-28)6-7-19(16)21-23-9-12-27(21)18-14-25-26(15-18)10-3-5-20(29)22-2/h4,6-9,11-15H,3,5,10H2,1-2H3,(H,22,29). The summed E-state index contributed by atoms with van der Waals surface area (Å²) in [4.78, 5) is 15.9. The first-order valence-electron chi connectivity index (χ1n) is 9.53. The van der Waals surface area contributed by atoms with Gasteiger partial charge in [0.15, 0.2) is 0 Å². The van der Waals surface area contributed by atoms with Gasteiger partial charge < -0.3 is 5.32 Å². The van der Waals surface area contributed by atoms with Gasteiger partial charge >= 0.3 is 0 Å². The van der Waals surface area contributed by atoms with Gasteiger partial charge in [0.1, 0.15) is 5.82 Å². The topological polar surface area (TPSA) is 82.6 Å². The summed E-state index contributed by atoms with van der Waals surface area (Å²) < 4.78 is 5.72. The highest BCUT2D eigenvalue weighted by atomic mass is 16.1. The summed E-state index contributed by atoms with van der Waals surface area (Å²) in [7, 11) is 1.65. The molecule has 0 saturated heterocycles. The number of nitrogens with zero attached hydrogens (tertiary/aromatic N) is 6. The molecule has 8 nitrogen and oxygen atoms in total. The monoisotopic (exact) mass is 389 g/mol. The van der Waals surface area contributed by atoms with E-state index in [4.69, 9.17) is 0 Å². The zero-order valence-electron chi connectivity index (χ0n) is 16.5. The molecule has 0 atom stereocenters. The predicted octanol–water partition coefficient (Wildman–Crippen LogP) is 2.76. The summed E-state index contributed by atoms with van der Waals surface area (Å²) in [5.74, 6) is 0.905. The van der Waals surface area contributed by atoms with Crippen molar-refractivity contribution in [3.8, 4) is 22.8 Å². The lowest BCUT2D eigenvalue weighted by Gasteiger charge is -2.10. The Bertz CT molecular complexity index is 1110. The first kappa shape index (κ1) is 18.7. The number of nitrogens with one attached hydrogen (secondary N) is 1. The normalized spacial score (nSPS) is 11.0. The highest BCUT2D eigenvalue weighted by Crippen LogP contribution is 2.26. The second-order valence-electron chi connectivity index (χ2n) is 6.81. The first-order chi connectivity index (χ1) is 14.2. The van der Waals surface area contributed by atoms with Crippen LogP contribution in [0.3, 0.4) is 0 Å². The molecular weight excluding hydrogens is 366 g/mol. The molecular formula is C21H23N7O. The van der Waals surface area contributed by atoms with E-state index >= 15 is 0 Å². The van der Waals surface area contributed by atoms with E-state index in [0.717, 1.165) is 34.7 Å². The highest BCUT2D eigenvalue weighted by Gasteiger charge is 2.13. The Morgan fingerprint density at radius 2 is 2.03 bits per heavy atom. The van der Waals surface area contributed by atoms with Crippen molar-refractivity contribution in [1.82, 2.24) is 34.4 Å². The van der Waals surface area contributed by atoms with Crippen molar-refractivity contribution < 1.29 is 4.79 Å². The third-order valence-electron chi connectivity index (χ3n) is 4.83. The number of imidazole rings is 1. The van der Waals surface area contributed by atoms with Gasteiger partial charge in [0.05, 0.1) is 17.6 Å². The van der Waals surface area contributed by atoms with Gasteiger partial charge in [-0.3, -0.25) is 14.0 Å². The summed E-state index contributed by atoms with van der Waals surface area (Å²) in [6.07, 6.45) is 12.4. The van der Waals surface area contributed by atoms with Crippen LogP contribution in [0.25, 0.3) is 22.8 Å². The minimum Gasteiger partial charge on any atom is -0.359 e. The van der Waals surface area contributed by atoms with Crippen LogP contribution in [0.4, 0.5) is 0 Å². The van der Waals surface area contributed by atoms with Gasteiger partial charge in [-0.1, -0.05) is 0 Å². The van der Waals surface area contributed by atoms with Crippen LogP contribution in [0.5, 0.6) is 0 Å². The number of carbonyl (C=O) groups excluding carboxylic acids is 1. The van der Waals surface area contributed by atoms with E-state index in [-0.39, 0.29) is 5.91 Å². The molecule has 0 aliphatic heterocycles. The van der Waals surface area contributed by atoms with Crippen molar-refractivity contribution in [3.63, 3.8) is 0 Å². The molecule has 4 aromatic rings. The number of hydrogen-bond donors (Lipinski definition) is 1. The van der Waals surface area contributed by atoms with Crippen LogP contribution in [0.1, 0.15) is 18.4 Å². The van der Waals surface area contributed by atoms with Crippen LogP contribution in [-0.4, -0.2) is 42.1 Å². The molecule has 0 aliphatic carbocycles. The molecule has 0 radical (unpaired) electrons. The summed E-state index contributed by atoms with van der Waals surface area (Å²) in [5, 5.41) is 11.3. The number of rotatable bonds is 7. The molecule has 1 N–H and O–H groups in total. The molecule has 3 heterocycles. The van der Waals surface area contributed by atoms with Gasteiger partial charge in [-0.2, -0.15) is 10.2 Å². The SMILES string of the molecule is CNC(=O)CCCn1cc(-n2ccnc2-c2ccc(-n3cccn3)cc2C)cn1. The van der Waals surface area contributed by atoms with Crippen molar-refractivity contribution in [2.24, 2.45) is 0 Å². The van der Waals surface area contributed by atoms with E-state index in [1.807, 2.05) is 50.9 Å². The second kappa shape index (κ2) is 8.14. The van der Waals surface area contributed by atoms with Crippen molar-refractivity contribution >= 4 is 5.91 Å². The third kappa shape index (κ3) is 3.96. The van der Waals surface area contributed by atoms with Crippen LogP contribution in [0, 0.1) is 6.92 Å². The number of hydrogen-bond acceptors (Lipinski definition) is 4. The molecule has 0 spiro atoms. The Morgan fingerprint density at radius 3 is 2.79 bits per heavy atom. The number of aromatic nitrogens is 6. The lowest BCUT2D eigenvalue weighted by molar-refractivity contribution is -0.120. The molecule has 3 aromatic heterocycles. The summed E-state index contributed by atoms with van der Waals surface area (Å²) >= 11 is 0. The zero-order chi connectivity index (χ0) is 20.2. The maximum atomic E-state index is 11.4. The number of amides is 1. The van der Waals surface area contributed by atoms with Crippen LogP contribution in [-0.2, 0) is 11.3 Å². The largest absolute Gasteiger partial charge is 0.359 e. The fourth-order valence-electron chi connectivity index (χ4n) is 3.30. The van der Waals surface area contributed by atoms with E-state index < -0.39 is 0 Å².